The first-order chi connectivity index (χ1) is 12.6. The van der Waals surface area contributed by atoms with E-state index in [2.05, 4.69) is 10.3 Å². The van der Waals surface area contributed by atoms with Crippen LogP contribution in [0.5, 0.6) is 0 Å². The molecule has 0 aliphatic rings. The summed E-state index contributed by atoms with van der Waals surface area (Å²) >= 11 is 7.29. The van der Waals surface area contributed by atoms with Gasteiger partial charge in [-0.25, -0.2) is 4.98 Å². The monoisotopic (exact) mass is 390 g/mol. The number of thiophene rings is 1. The lowest BCUT2D eigenvalue weighted by molar-refractivity contribution is -0.144. The SMILES string of the molecule is O=C(CCNC(=O)c1ccc(Cl)cc1)OCc1coc(-c2cccs2)n1. The summed E-state index contributed by atoms with van der Waals surface area (Å²) in [5, 5.41) is 5.14. The Bertz CT molecular complexity index is 875. The van der Waals surface area contributed by atoms with Crippen LogP contribution in [0.2, 0.25) is 5.02 Å². The third-order valence-electron chi connectivity index (χ3n) is 3.39. The van der Waals surface area contributed by atoms with Crippen LogP contribution in [0.3, 0.4) is 0 Å². The molecule has 0 radical (unpaired) electrons. The molecule has 0 bridgehead atoms. The Morgan fingerprint density at radius 3 is 2.77 bits per heavy atom. The molecule has 26 heavy (non-hydrogen) atoms. The zero-order valence-corrected chi connectivity index (χ0v) is 15.2. The van der Waals surface area contributed by atoms with E-state index in [1.165, 1.54) is 17.6 Å². The average Bonchev–Trinajstić information content (AvgIpc) is 3.32. The molecule has 0 aliphatic carbocycles. The van der Waals surface area contributed by atoms with Gasteiger partial charge in [-0.05, 0) is 35.7 Å². The van der Waals surface area contributed by atoms with Gasteiger partial charge in [0.1, 0.15) is 18.6 Å². The van der Waals surface area contributed by atoms with Gasteiger partial charge in [0, 0.05) is 17.1 Å². The largest absolute Gasteiger partial charge is 0.459 e. The van der Waals surface area contributed by atoms with E-state index in [0.29, 0.717) is 22.2 Å². The first-order valence-corrected chi connectivity index (χ1v) is 9.05. The van der Waals surface area contributed by atoms with Gasteiger partial charge in [-0.15, -0.1) is 11.3 Å². The number of benzene rings is 1. The Kier molecular flexibility index (Phi) is 6.04. The topological polar surface area (TPSA) is 81.4 Å². The van der Waals surface area contributed by atoms with Gasteiger partial charge in [-0.3, -0.25) is 9.59 Å². The first-order valence-electron chi connectivity index (χ1n) is 7.79. The smallest absolute Gasteiger partial charge is 0.307 e. The summed E-state index contributed by atoms with van der Waals surface area (Å²) in [7, 11) is 0. The fraction of sp³-hybridized carbons (Fsp3) is 0.167. The number of carbonyl (C=O) groups is 2. The number of rotatable bonds is 7. The lowest BCUT2D eigenvalue weighted by atomic mass is 10.2. The van der Waals surface area contributed by atoms with Crippen molar-refractivity contribution in [2.45, 2.75) is 13.0 Å². The van der Waals surface area contributed by atoms with Crippen LogP contribution in [-0.2, 0) is 16.1 Å². The molecule has 0 unspecified atom stereocenters. The lowest BCUT2D eigenvalue weighted by Gasteiger charge is -2.05. The highest BCUT2D eigenvalue weighted by Gasteiger charge is 2.11. The van der Waals surface area contributed by atoms with Crippen molar-refractivity contribution in [2.75, 3.05) is 6.54 Å². The third-order valence-corrected chi connectivity index (χ3v) is 4.50. The molecule has 8 heteroatoms. The Balaban J connectivity index is 1.39. The van der Waals surface area contributed by atoms with E-state index in [0.717, 1.165) is 4.88 Å². The molecule has 0 atom stereocenters. The number of esters is 1. The van der Waals surface area contributed by atoms with E-state index in [-0.39, 0.29) is 25.5 Å². The van der Waals surface area contributed by atoms with Gasteiger partial charge in [-0.2, -0.15) is 0 Å². The fourth-order valence-electron chi connectivity index (χ4n) is 2.09. The van der Waals surface area contributed by atoms with Gasteiger partial charge in [-0.1, -0.05) is 17.7 Å². The van der Waals surface area contributed by atoms with Crippen molar-refractivity contribution in [3.8, 4) is 10.8 Å². The van der Waals surface area contributed by atoms with Crippen LogP contribution in [0.15, 0.2) is 52.5 Å². The van der Waals surface area contributed by atoms with E-state index in [1.54, 1.807) is 24.3 Å². The lowest BCUT2D eigenvalue weighted by Crippen LogP contribution is -2.26. The second-order valence-corrected chi connectivity index (χ2v) is 6.68. The van der Waals surface area contributed by atoms with Crippen LogP contribution in [0.1, 0.15) is 22.5 Å². The molecular weight excluding hydrogens is 376 g/mol. The third kappa shape index (κ3) is 4.93. The molecular formula is C18H15ClN2O4S. The van der Waals surface area contributed by atoms with Gasteiger partial charge in [0.25, 0.3) is 5.91 Å². The predicted molar refractivity (Wildman–Crippen MR) is 98.0 cm³/mol. The van der Waals surface area contributed by atoms with Crippen molar-refractivity contribution in [3.05, 3.63) is 64.3 Å². The molecule has 2 heterocycles. The number of hydrogen-bond acceptors (Lipinski definition) is 6. The minimum absolute atomic E-state index is 0.0266. The molecule has 6 nitrogen and oxygen atoms in total. The molecule has 0 spiro atoms. The highest BCUT2D eigenvalue weighted by Crippen LogP contribution is 2.23. The second-order valence-electron chi connectivity index (χ2n) is 5.29. The average molecular weight is 391 g/mol. The molecule has 3 aromatic rings. The standard InChI is InChI=1S/C18H15ClN2O4S/c19-13-5-3-12(4-6-13)17(23)20-8-7-16(22)24-10-14-11-25-18(21-14)15-2-1-9-26-15/h1-6,9,11H,7-8,10H2,(H,20,23). The summed E-state index contributed by atoms with van der Waals surface area (Å²) in [6.07, 6.45) is 1.53. The zero-order valence-electron chi connectivity index (χ0n) is 13.6. The molecule has 0 saturated carbocycles. The normalized spacial score (nSPS) is 10.5. The summed E-state index contributed by atoms with van der Waals surface area (Å²) < 4.78 is 10.5. The van der Waals surface area contributed by atoms with Gasteiger partial charge >= 0.3 is 5.97 Å². The highest BCUT2D eigenvalue weighted by atomic mass is 35.5. The molecule has 0 fully saturated rings. The zero-order chi connectivity index (χ0) is 18.4. The Labute approximate surface area is 158 Å². The number of halogens is 1. The Morgan fingerprint density at radius 1 is 1.23 bits per heavy atom. The van der Waals surface area contributed by atoms with Crippen molar-refractivity contribution in [1.29, 1.82) is 0 Å². The van der Waals surface area contributed by atoms with Crippen molar-refractivity contribution in [2.24, 2.45) is 0 Å². The summed E-state index contributed by atoms with van der Waals surface area (Å²) in [5.74, 6) is -0.199. The number of ether oxygens (including phenoxy) is 1. The van der Waals surface area contributed by atoms with Crippen molar-refractivity contribution in [1.82, 2.24) is 10.3 Å². The van der Waals surface area contributed by atoms with Crippen LogP contribution in [-0.4, -0.2) is 23.4 Å². The number of oxazole rings is 1. The van der Waals surface area contributed by atoms with Crippen molar-refractivity contribution < 1.29 is 18.7 Å². The van der Waals surface area contributed by atoms with Crippen LogP contribution in [0, 0.1) is 0 Å². The van der Waals surface area contributed by atoms with E-state index < -0.39 is 5.97 Å². The fourth-order valence-corrected chi connectivity index (χ4v) is 2.88. The number of nitrogens with one attached hydrogen (secondary N) is 1. The minimum Gasteiger partial charge on any atom is -0.459 e. The van der Waals surface area contributed by atoms with E-state index in [4.69, 9.17) is 20.8 Å². The van der Waals surface area contributed by atoms with Crippen LogP contribution < -0.4 is 5.32 Å². The molecule has 0 saturated heterocycles. The summed E-state index contributed by atoms with van der Waals surface area (Å²) in [6, 6.07) is 10.3. The van der Waals surface area contributed by atoms with Crippen molar-refractivity contribution >= 4 is 34.8 Å². The highest BCUT2D eigenvalue weighted by molar-refractivity contribution is 7.13. The van der Waals surface area contributed by atoms with Crippen LogP contribution in [0.25, 0.3) is 10.8 Å². The second kappa shape index (κ2) is 8.64. The molecule has 1 amide bonds. The maximum Gasteiger partial charge on any atom is 0.307 e. The van der Waals surface area contributed by atoms with E-state index >= 15 is 0 Å². The van der Waals surface area contributed by atoms with E-state index in [9.17, 15) is 9.59 Å². The number of aromatic nitrogens is 1. The number of nitrogens with zero attached hydrogens (tertiary/aromatic N) is 1. The molecule has 134 valence electrons. The summed E-state index contributed by atoms with van der Waals surface area (Å²) in [6.45, 7) is 0.207. The Hall–Kier alpha value is -2.64. The van der Waals surface area contributed by atoms with E-state index in [1.807, 2.05) is 17.5 Å². The molecule has 1 aromatic carbocycles. The summed E-state index contributed by atoms with van der Waals surface area (Å²) in [5.41, 5.74) is 1.01. The Morgan fingerprint density at radius 2 is 2.04 bits per heavy atom. The number of hydrogen-bond donors (Lipinski definition) is 1. The molecule has 3 rings (SSSR count). The summed E-state index contributed by atoms with van der Waals surface area (Å²) in [4.78, 5) is 28.8. The van der Waals surface area contributed by atoms with Crippen LogP contribution >= 0.6 is 22.9 Å². The van der Waals surface area contributed by atoms with Crippen LogP contribution in [0.4, 0.5) is 0 Å². The quantitative estimate of drug-likeness (QED) is 0.618. The van der Waals surface area contributed by atoms with Gasteiger partial charge in [0.05, 0.1) is 11.3 Å². The van der Waals surface area contributed by atoms with Gasteiger partial charge in [0.15, 0.2) is 0 Å². The number of amides is 1. The predicted octanol–water partition coefficient (Wildman–Crippen LogP) is 3.92. The molecule has 2 aromatic heterocycles. The first kappa shape index (κ1) is 18.2. The maximum atomic E-state index is 11.9. The molecule has 0 aliphatic heterocycles. The van der Waals surface area contributed by atoms with Crippen molar-refractivity contribution in [3.63, 3.8) is 0 Å². The van der Waals surface area contributed by atoms with Gasteiger partial charge in [0.2, 0.25) is 5.89 Å². The van der Waals surface area contributed by atoms with Gasteiger partial charge < -0.3 is 14.5 Å². The minimum atomic E-state index is -0.429. The maximum absolute atomic E-state index is 11.9. The number of carbonyl (C=O) groups excluding carboxylic acids is 2. The molecule has 1 N–H and O–H groups in total.